The first-order chi connectivity index (χ1) is 15.8. The molecule has 2 amide bonds. The number of benzene rings is 2. The lowest BCUT2D eigenvalue weighted by Gasteiger charge is -2.34. The summed E-state index contributed by atoms with van der Waals surface area (Å²) < 4.78 is 41.0. The van der Waals surface area contributed by atoms with Gasteiger partial charge in [0.15, 0.2) is 0 Å². The molecular formula is C23H22F3N5O2. The van der Waals surface area contributed by atoms with Crippen molar-refractivity contribution >= 4 is 17.5 Å². The Bertz CT molecular complexity index is 1120. The molecule has 0 unspecified atom stereocenters. The number of nitrogens with zero attached hydrogens (tertiary/aromatic N) is 4. The quantitative estimate of drug-likeness (QED) is 0.639. The van der Waals surface area contributed by atoms with Crippen LogP contribution < -0.4 is 5.32 Å². The van der Waals surface area contributed by atoms with Crippen molar-refractivity contribution in [1.29, 1.82) is 0 Å². The fourth-order valence-electron chi connectivity index (χ4n) is 3.68. The third-order valence-corrected chi connectivity index (χ3v) is 5.38. The van der Waals surface area contributed by atoms with Gasteiger partial charge in [0.1, 0.15) is 0 Å². The molecule has 4 rings (SSSR count). The van der Waals surface area contributed by atoms with Crippen LogP contribution in [0.3, 0.4) is 0 Å². The van der Waals surface area contributed by atoms with Gasteiger partial charge in [0.2, 0.25) is 5.91 Å². The third-order valence-electron chi connectivity index (χ3n) is 5.38. The summed E-state index contributed by atoms with van der Waals surface area (Å²) >= 11 is 0. The fourth-order valence-corrected chi connectivity index (χ4v) is 3.68. The zero-order valence-corrected chi connectivity index (χ0v) is 17.6. The van der Waals surface area contributed by atoms with E-state index in [1.807, 2.05) is 35.2 Å². The van der Waals surface area contributed by atoms with Crippen molar-refractivity contribution < 1.29 is 22.8 Å². The summed E-state index contributed by atoms with van der Waals surface area (Å²) in [7, 11) is 0. The van der Waals surface area contributed by atoms with Gasteiger partial charge in [0.05, 0.1) is 35.2 Å². The SMILES string of the molecule is O=C(CN1CCN(C(=O)c2cnn(-c3ccccc3)c2)CC1)Nc1ccccc1C(F)(F)F. The summed E-state index contributed by atoms with van der Waals surface area (Å²) in [6, 6.07) is 14.3. The Balaban J connectivity index is 1.30. The zero-order valence-electron chi connectivity index (χ0n) is 17.6. The van der Waals surface area contributed by atoms with E-state index in [0.717, 1.165) is 11.8 Å². The number of alkyl halides is 3. The molecule has 3 aromatic rings. The van der Waals surface area contributed by atoms with Gasteiger partial charge >= 0.3 is 6.18 Å². The predicted octanol–water partition coefficient (Wildman–Crippen LogP) is 3.29. The van der Waals surface area contributed by atoms with E-state index in [9.17, 15) is 22.8 Å². The second-order valence-corrected chi connectivity index (χ2v) is 7.67. The molecule has 1 N–H and O–H groups in total. The lowest BCUT2D eigenvalue weighted by molar-refractivity contribution is -0.137. The second-order valence-electron chi connectivity index (χ2n) is 7.67. The average Bonchev–Trinajstić information content (AvgIpc) is 3.30. The average molecular weight is 457 g/mol. The molecule has 0 atom stereocenters. The molecule has 1 saturated heterocycles. The monoisotopic (exact) mass is 457 g/mol. The van der Waals surface area contributed by atoms with E-state index in [2.05, 4.69) is 10.4 Å². The first-order valence-corrected chi connectivity index (χ1v) is 10.4. The minimum absolute atomic E-state index is 0.0554. The standard InChI is InChI=1S/C23H22F3N5O2/c24-23(25,26)19-8-4-5-9-20(19)28-21(32)16-29-10-12-30(13-11-29)22(33)17-14-27-31(15-17)18-6-2-1-3-7-18/h1-9,14-15H,10-13,16H2,(H,28,32). The Hall–Kier alpha value is -3.66. The van der Waals surface area contributed by atoms with Crippen LogP contribution in [0.2, 0.25) is 0 Å². The summed E-state index contributed by atoms with van der Waals surface area (Å²) in [5, 5.41) is 6.60. The summed E-state index contributed by atoms with van der Waals surface area (Å²) in [6.07, 6.45) is -1.35. The number of hydrogen-bond acceptors (Lipinski definition) is 4. The predicted molar refractivity (Wildman–Crippen MR) is 116 cm³/mol. The van der Waals surface area contributed by atoms with Crippen molar-refractivity contribution in [2.45, 2.75) is 6.18 Å². The molecular weight excluding hydrogens is 435 g/mol. The molecule has 7 nitrogen and oxygen atoms in total. The molecule has 1 aliphatic rings. The Morgan fingerprint density at radius 3 is 2.30 bits per heavy atom. The second kappa shape index (κ2) is 9.45. The molecule has 2 heterocycles. The number of para-hydroxylation sites is 2. The molecule has 2 aromatic carbocycles. The summed E-state index contributed by atoms with van der Waals surface area (Å²) in [6.45, 7) is 1.63. The van der Waals surface area contributed by atoms with E-state index in [4.69, 9.17) is 0 Å². The highest BCUT2D eigenvalue weighted by Crippen LogP contribution is 2.34. The number of anilines is 1. The molecule has 1 aromatic heterocycles. The van der Waals surface area contributed by atoms with Crippen LogP contribution in [0.25, 0.3) is 5.69 Å². The lowest BCUT2D eigenvalue weighted by atomic mass is 10.1. The van der Waals surface area contributed by atoms with E-state index in [1.54, 1.807) is 15.8 Å². The van der Waals surface area contributed by atoms with Crippen LogP contribution in [0.15, 0.2) is 67.0 Å². The summed E-state index contributed by atoms with van der Waals surface area (Å²) in [4.78, 5) is 28.6. The van der Waals surface area contributed by atoms with Crippen LogP contribution in [0, 0.1) is 0 Å². The Morgan fingerprint density at radius 2 is 1.61 bits per heavy atom. The van der Waals surface area contributed by atoms with Crippen molar-refractivity contribution in [2.24, 2.45) is 0 Å². The van der Waals surface area contributed by atoms with Crippen LogP contribution in [0.1, 0.15) is 15.9 Å². The molecule has 33 heavy (non-hydrogen) atoms. The van der Waals surface area contributed by atoms with Crippen molar-refractivity contribution in [2.75, 3.05) is 38.0 Å². The molecule has 0 saturated carbocycles. The summed E-state index contributed by atoms with van der Waals surface area (Å²) in [5.74, 6) is -0.684. The van der Waals surface area contributed by atoms with E-state index in [-0.39, 0.29) is 18.1 Å². The third kappa shape index (κ3) is 5.40. The van der Waals surface area contributed by atoms with E-state index < -0.39 is 17.6 Å². The van der Waals surface area contributed by atoms with E-state index in [1.165, 1.54) is 24.4 Å². The number of carbonyl (C=O) groups excluding carboxylic acids is 2. The Labute approximate surface area is 188 Å². The molecule has 1 aliphatic heterocycles. The van der Waals surface area contributed by atoms with Crippen molar-refractivity contribution in [3.8, 4) is 5.69 Å². The number of hydrogen-bond donors (Lipinski definition) is 1. The van der Waals surface area contributed by atoms with Gasteiger partial charge in [-0.05, 0) is 24.3 Å². The smallest absolute Gasteiger partial charge is 0.336 e. The summed E-state index contributed by atoms with van der Waals surface area (Å²) in [5.41, 5.74) is 0.164. The highest BCUT2D eigenvalue weighted by molar-refractivity contribution is 5.94. The normalized spacial score (nSPS) is 14.8. The molecule has 10 heteroatoms. The van der Waals surface area contributed by atoms with Crippen LogP contribution in [-0.4, -0.2) is 64.1 Å². The first kappa shape index (κ1) is 22.5. The van der Waals surface area contributed by atoms with Crippen LogP contribution >= 0.6 is 0 Å². The van der Waals surface area contributed by atoms with Crippen LogP contribution in [-0.2, 0) is 11.0 Å². The fraction of sp³-hybridized carbons (Fsp3) is 0.261. The largest absolute Gasteiger partial charge is 0.418 e. The van der Waals surface area contributed by atoms with Crippen LogP contribution in [0.4, 0.5) is 18.9 Å². The van der Waals surface area contributed by atoms with E-state index >= 15 is 0 Å². The van der Waals surface area contributed by atoms with Crippen LogP contribution in [0.5, 0.6) is 0 Å². The minimum Gasteiger partial charge on any atom is -0.336 e. The molecule has 172 valence electrons. The number of aromatic nitrogens is 2. The lowest BCUT2D eigenvalue weighted by Crippen LogP contribution is -2.50. The van der Waals surface area contributed by atoms with Crippen molar-refractivity contribution in [3.63, 3.8) is 0 Å². The number of carbonyl (C=O) groups is 2. The van der Waals surface area contributed by atoms with Gasteiger partial charge < -0.3 is 10.2 Å². The van der Waals surface area contributed by atoms with Gasteiger partial charge in [-0.2, -0.15) is 18.3 Å². The molecule has 0 bridgehead atoms. The maximum Gasteiger partial charge on any atom is 0.418 e. The van der Waals surface area contributed by atoms with E-state index in [0.29, 0.717) is 31.7 Å². The number of nitrogens with one attached hydrogen (secondary N) is 1. The maximum atomic E-state index is 13.1. The Morgan fingerprint density at radius 1 is 0.939 bits per heavy atom. The molecule has 1 fully saturated rings. The number of piperazine rings is 1. The minimum atomic E-state index is -4.55. The highest BCUT2D eigenvalue weighted by Gasteiger charge is 2.33. The number of amides is 2. The van der Waals surface area contributed by atoms with Crippen molar-refractivity contribution in [1.82, 2.24) is 19.6 Å². The molecule has 0 aliphatic carbocycles. The van der Waals surface area contributed by atoms with Crippen molar-refractivity contribution in [3.05, 3.63) is 78.1 Å². The highest BCUT2D eigenvalue weighted by atomic mass is 19.4. The number of rotatable bonds is 5. The van der Waals surface area contributed by atoms with Gasteiger partial charge in [0, 0.05) is 32.4 Å². The molecule has 0 spiro atoms. The number of halogens is 3. The van der Waals surface area contributed by atoms with Gasteiger partial charge in [0.25, 0.3) is 5.91 Å². The van der Waals surface area contributed by atoms with Gasteiger partial charge in [-0.3, -0.25) is 14.5 Å². The first-order valence-electron chi connectivity index (χ1n) is 10.4. The molecule has 0 radical (unpaired) electrons. The van der Waals surface area contributed by atoms with Gasteiger partial charge in [-0.15, -0.1) is 0 Å². The maximum absolute atomic E-state index is 13.1. The topological polar surface area (TPSA) is 70.5 Å². The van der Waals surface area contributed by atoms with Gasteiger partial charge in [-0.1, -0.05) is 30.3 Å². The Kier molecular flexibility index (Phi) is 6.45. The van der Waals surface area contributed by atoms with Gasteiger partial charge in [-0.25, -0.2) is 4.68 Å². The zero-order chi connectivity index (χ0) is 23.4.